The number of rotatable bonds is 2. The minimum atomic E-state index is -0.446. The van der Waals surface area contributed by atoms with Crippen molar-refractivity contribution in [1.29, 1.82) is 0 Å². The quantitative estimate of drug-likeness (QED) is 0.223. The fourth-order valence-corrected chi connectivity index (χ4v) is 7.39. The van der Waals surface area contributed by atoms with Crippen molar-refractivity contribution in [3.8, 4) is 22.3 Å². The van der Waals surface area contributed by atoms with Crippen LogP contribution in [0.2, 0.25) is 0 Å². The maximum Gasteiger partial charge on any atom is 0.0760 e. The molecule has 1 spiro atoms. The molecule has 0 amide bonds. The van der Waals surface area contributed by atoms with Gasteiger partial charge in [-0.2, -0.15) is 0 Å². The second-order valence-corrected chi connectivity index (χ2v) is 11.1. The molecule has 0 bridgehead atoms. The molecule has 1 aliphatic heterocycles. The molecule has 0 radical (unpaired) electrons. The molecule has 6 aromatic rings. The summed E-state index contributed by atoms with van der Waals surface area (Å²) in [5.74, 6) is 0. The average Bonchev–Trinajstić information content (AvgIpc) is 3.29. The first-order valence-corrected chi connectivity index (χ1v) is 14.0. The van der Waals surface area contributed by atoms with Gasteiger partial charge in [-0.25, -0.2) is 0 Å². The molecule has 1 heterocycles. The van der Waals surface area contributed by atoms with Gasteiger partial charge >= 0.3 is 0 Å². The Morgan fingerprint density at radius 3 is 1.65 bits per heavy atom. The molecule has 1 nitrogen and oxygen atoms in total. The smallest absolute Gasteiger partial charge is 0.0760 e. The number of anilines is 3. The van der Waals surface area contributed by atoms with Crippen LogP contribution in [-0.4, -0.2) is 0 Å². The monoisotopic (exact) mass is 511 g/mol. The van der Waals surface area contributed by atoms with E-state index in [0.29, 0.717) is 0 Å². The van der Waals surface area contributed by atoms with Gasteiger partial charge in [0.25, 0.3) is 0 Å². The predicted octanol–water partition coefficient (Wildman–Crippen LogP) is 10.1. The second kappa shape index (κ2) is 8.56. The summed E-state index contributed by atoms with van der Waals surface area (Å²) in [6.07, 6.45) is 0. The van der Waals surface area contributed by atoms with E-state index in [4.69, 9.17) is 0 Å². The van der Waals surface area contributed by atoms with E-state index < -0.39 is 5.41 Å². The molecular formula is C39H29N. The first-order chi connectivity index (χ1) is 19.7. The Balaban J connectivity index is 1.56. The summed E-state index contributed by atoms with van der Waals surface area (Å²) in [5.41, 5.74) is 16.4. The maximum absolute atomic E-state index is 2.44. The largest absolute Gasteiger partial charge is 0.310 e. The van der Waals surface area contributed by atoms with Gasteiger partial charge in [0.05, 0.1) is 16.8 Å². The Kier molecular flexibility index (Phi) is 4.93. The van der Waals surface area contributed by atoms with Crippen LogP contribution in [0.3, 0.4) is 0 Å². The first-order valence-electron chi connectivity index (χ1n) is 14.0. The molecule has 0 saturated carbocycles. The lowest BCUT2D eigenvalue weighted by molar-refractivity contribution is 0.754. The molecule has 1 aliphatic carbocycles. The lowest BCUT2D eigenvalue weighted by Crippen LogP contribution is -2.36. The number of benzene rings is 6. The van der Waals surface area contributed by atoms with Crippen LogP contribution in [0.4, 0.5) is 17.1 Å². The molecule has 0 aromatic heterocycles. The fourth-order valence-electron chi connectivity index (χ4n) is 7.39. The van der Waals surface area contributed by atoms with Gasteiger partial charge in [0.1, 0.15) is 0 Å². The van der Waals surface area contributed by atoms with Gasteiger partial charge in [0.15, 0.2) is 0 Å². The third-order valence-corrected chi connectivity index (χ3v) is 8.71. The maximum atomic E-state index is 2.44. The van der Waals surface area contributed by atoms with Crippen molar-refractivity contribution in [3.05, 3.63) is 173 Å². The molecule has 8 rings (SSSR count). The molecule has 0 N–H and O–H groups in total. The lowest BCUT2D eigenvalue weighted by atomic mass is 9.63. The number of para-hydroxylation sites is 3. The van der Waals surface area contributed by atoms with Crippen LogP contribution in [0.1, 0.15) is 33.4 Å². The van der Waals surface area contributed by atoms with E-state index in [-0.39, 0.29) is 0 Å². The Morgan fingerprint density at radius 2 is 0.975 bits per heavy atom. The van der Waals surface area contributed by atoms with E-state index in [2.05, 4.69) is 158 Å². The molecule has 0 atom stereocenters. The normalized spacial score (nSPS) is 13.9. The SMILES string of the molecule is Cc1cc(C)cc(-c2cccc3c2C2(c4ccccc4-3)c3ccccc3N(c3ccccc3)c3ccccc32)c1. The Bertz CT molecular complexity index is 1860. The lowest BCUT2D eigenvalue weighted by Gasteiger charge is -2.45. The summed E-state index contributed by atoms with van der Waals surface area (Å²) in [4.78, 5) is 2.44. The molecule has 190 valence electrons. The number of fused-ring (bicyclic) bond motifs is 9. The number of aryl methyl sites for hydroxylation is 2. The predicted molar refractivity (Wildman–Crippen MR) is 167 cm³/mol. The molecule has 1 heteroatoms. The van der Waals surface area contributed by atoms with E-state index in [0.717, 1.165) is 0 Å². The van der Waals surface area contributed by atoms with Crippen molar-refractivity contribution in [2.75, 3.05) is 4.90 Å². The molecule has 0 fully saturated rings. The van der Waals surface area contributed by atoms with Gasteiger partial charge in [0, 0.05) is 5.69 Å². The van der Waals surface area contributed by atoms with Crippen molar-refractivity contribution < 1.29 is 0 Å². The topological polar surface area (TPSA) is 3.24 Å². The molecular weight excluding hydrogens is 482 g/mol. The molecule has 40 heavy (non-hydrogen) atoms. The minimum Gasteiger partial charge on any atom is -0.310 e. The van der Waals surface area contributed by atoms with Gasteiger partial charge in [-0.3, -0.25) is 0 Å². The van der Waals surface area contributed by atoms with Crippen molar-refractivity contribution in [2.45, 2.75) is 19.3 Å². The summed E-state index contributed by atoms with van der Waals surface area (Å²) >= 11 is 0. The van der Waals surface area contributed by atoms with Crippen molar-refractivity contribution in [1.82, 2.24) is 0 Å². The van der Waals surface area contributed by atoms with Gasteiger partial charge in [-0.15, -0.1) is 0 Å². The standard InChI is InChI=1S/C39H29N/c1-26-23-27(2)25-28(24-26)30-16-12-17-32-31-15-6-7-18-33(31)39(38(30)32)34-19-8-10-21-36(34)40(29-13-4-3-5-14-29)37-22-11-9-20-35(37)39/h3-25H,1-2H3. The fraction of sp³-hybridized carbons (Fsp3) is 0.0769. The Morgan fingerprint density at radius 1 is 0.450 bits per heavy atom. The van der Waals surface area contributed by atoms with Crippen molar-refractivity contribution >= 4 is 17.1 Å². The zero-order valence-electron chi connectivity index (χ0n) is 22.7. The highest BCUT2D eigenvalue weighted by Gasteiger charge is 2.52. The van der Waals surface area contributed by atoms with E-state index in [1.165, 1.54) is 72.7 Å². The molecule has 2 aliphatic rings. The van der Waals surface area contributed by atoms with E-state index in [9.17, 15) is 0 Å². The third-order valence-electron chi connectivity index (χ3n) is 8.71. The second-order valence-electron chi connectivity index (χ2n) is 11.1. The zero-order valence-corrected chi connectivity index (χ0v) is 22.7. The van der Waals surface area contributed by atoms with Gasteiger partial charge in [0.2, 0.25) is 0 Å². The van der Waals surface area contributed by atoms with Crippen LogP contribution in [0, 0.1) is 13.8 Å². The van der Waals surface area contributed by atoms with E-state index in [1.807, 2.05) is 0 Å². The van der Waals surface area contributed by atoms with Crippen LogP contribution < -0.4 is 4.90 Å². The number of hydrogen-bond donors (Lipinski definition) is 0. The highest BCUT2D eigenvalue weighted by atomic mass is 15.2. The average molecular weight is 512 g/mol. The number of hydrogen-bond acceptors (Lipinski definition) is 1. The van der Waals surface area contributed by atoms with Crippen molar-refractivity contribution in [2.24, 2.45) is 0 Å². The third kappa shape index (κ3) is 3.03. The molecule has 0 unspecified atom stereocenters. The van der Waals surface area contributed by atoms with E-state index >= 15 is 0 Å². The minimum absolute atomic E-state index is 0.446. The number of nitrogens with zero attached hydrogens (tertiary/aromatic N) is 1. The van der Waals surface area contributed by atoms with Crippen molar-refractivity contribution in [3.63, 3.8) is 0 Å². The Labute approximate surface area is 236 Å². The van der Waals surface area contributed by atoms with Crippen LogP contribution in [0.25, 0.3) is 22.3 Å². The van der Waals surface area contributed by atoms with Crippen LogP contribution >= 0.6 is 0 Å². The van der Waals surface area contributed by atoms with Crippen LogP contribution in [0.5, 0.6) is 0 Å². The summed E-state index contributed by atoms with van der Waals surface area (Å²) < 4.78 is 0. The highest BCUT2D eigenvalue weighted by molar-refractivity contribution is 5.98. The van der Waals surface area contributed by atoms with Crippen LogP contribution in [0.15, 0.2) is 140 Å². The summed E-state index contributed by atoms with van der Waals surface area (Å²) in [6.45, 7) is 4.40. The van der Waals surface area contributed by atoms with Crippen LogP contribution in [-0.2, 0) is 5.41 Å². The van der Waals surface area contributed by atoms with Gasteiger partial charge in [-0.1, -0.05) is 126 Å². The molecule has 6 aromatic carbocycles. The van der Waals surface area contributed by atoms with Gasteiger partial charge < -0.3 is 4.90 Å². The first kappa shape index (κ1) is 23.0. The van der Waals surface area contributed by atoms with Gasteiger partial charge in [-0.05, 0) is 82.6 Å². The summed E-state index contributed by atoms with van der Waals surface area (Å²) in [5, 5.41) is 0. The van der Waals surface area contributed by atoms with E-state index in [1.54, 1.807) is 0 Å². The highest BCUT2D eigenvalue weighted by Crippen LogP contribution is 2.64. The Hall–Kier alpha value is -4.88. The molecule has 0 saturated heterocycles. The summed E-state index contributed by atoms with van der Waals surface area (Å²) in [6, 6.07) is 51.7. The summed E-state index contributed by atoms with van der Waals surface area (Å²) in [7, 11) is 0. The zero-order chi connectivity index (χ0) is 26.8.